The van der Waals surface area contributed by atoms with Crippen LogP contribution in [0, 0.1) is 6.92 Å². The van der Waals surface area contributed by atoms with Crippen molar-refractivity contribution in [3.8, 4) is 5.69 Å². The smallest absolute Gasteiger partial charge is 0.273 e. The number of tetrazole rings is 1. The van der Waals surface area contributed by atoms with Crippen molar-refractivity contribution in [2.45, 2.75) is 33.7 Å². The third-order valence-electron chi connectivity index (χ3n) is 3.67. The maximum atomic E-state index is 12.7. The number of hydrogen-bond donors (Lipinski definition) is 1. The summed E-state index contributed by atoms with van der Waals surface area (Å²) in [6.07, 6.45) is 0.692. The van der Waals surface area contributed by atoms with E-state index in [1.807, 2.05) is 45.0 Å². The number of carbonyl (C=O) groups excluding carboxylic acids is 1. The second-order valence-corrected chi connectivity index (χ2v) is 5.32. The molecule has 0 aliphatic heterocycles. The van der Waals surface area contributed by atoms with E-state index in [2.05, 4.69) is 25.9 Å². The lowest BCUT2D eigenvalue weighted by atomic mass is 10.2. The Bertz CT molecular complexity index is 865. The van der Waals surface area contributed by atoms with Crippen LogP contribution in [0.2, 0.25) is 0 Å². The van der Waals surface area contributed by atoms with Gasteiger partial charge in [-0.25, -0.2) is 0 Å². The summed E-state index contributed by atoms with van der Waals surface area (Å²) in [4.78, 5) is 12.7. The minimum absolute atomic E-state index is 0.212. The SMILES string of the molecule is CCc1nnnn1-c1ccccc1NC(=O)c1cc(C)nn1CC. The average molecular weight is 325 g/mol. The van der Waals surface area contributed by atoms with E-state index in [1.54, 1.807) is 15.4 Å². The average Bonchev–Trinajstić information content (AvgIpc) is 3.21. The highest BCUT2D eigenvalue weighted by Gasteiger charge is 2.16. The maximum Gasteiger partial charge on any atom is 0.273 e. The molecule has 0 unspecified atom stereocenters. The molecule has 1 aromatic carbocycles. The molecule has 2 aromatic heterocycles. The summed E-state index contributed by atoms with van der Waals surface area (Å²) in [5.41, 5.74) is 2.71. The van der Waals surface area contributed by atoms with Gasteiger partial charge in [0.25, 0.3) is 5.91 Å². The zero-order chi connectivity index (χ0) is 17.1. The number of aromatic nitrogens is 6. The molecule has 0 aliphatic carbocycles. The Morgan fingerprint density at radius 3 is 2.79 bits per heavy atom. The maximum absolute atomic E-state index is 12.7. The number of amides is 1. The predicted octanol–water partition coefficient (Wildman–Crippen LogP) is 2.00. The van der Waals surface area contributed by atoms with Gasteiger partial charge in [-0.05, 0) is 42.5 Å². The van der Waals surface area contributed by atoms with Crippen LogP contribution in [0.5, 0.6) is 0 Å². The Morgan fingerprint density at radius 2 is 2.04 bits per heavy atom. The standard InChI is InChI=1S/C16H19N7O/c1-4-15-18-20-21-23(15)13-9-7-6-8-12(13)17-16(24)14-10-11(3)19-22(14)5-2/h6-10H,4-5H2,1-3H3,(H,17,24). The molecule has 3 rings (SSSR count). The van der Waals surface area contributed by atoms with Crippen LogP contribution >= 0.6 is 0 Å². The number of carbonyl (C=O) groups is 1. The van der Waals surface area contributed by atoms with Crippen LogP contribution in [0.25, 0.3) is 5.69 Å². The molecule has 0 aliphatic rings. The van der Waals surface area contributed by atoms with Crippen LogP contribution < -0.4 is 5.32 Å². The van der Waals surface area contributed by atoms with Gasteiger partial charge in [0.2, 0.25) is 0 Å². The van der Waals surface area contributed by atoms with Gasteiger partial charge in [-0.1, -0.05) is 19.1 Å². The van der Waals surface area contributed by atoms with Gasteiger partial charge in [-0.3, -0.25) is 9.48 Å². The molecular formula is C16H19N7O. The number of aryl methyl sites for hydroxylation is 3. The highest BCUT2D eigenvalue weighted by Crippen LogP contribution is 2.21. The summed E-state index contributed by atoms with van der Waals surface area (Å²) in [6.45, 7) is 6.43. The van der Waals surface area contributed by atoms with E-state index in [0.717, 1.165) is 17.2 Å². The molecule has 0 atom stereocenters. The van der Waals surface area contributed by atoms with Gasteiger partial charge in [-0.15, -0.1) is 5.10 Å². The fourth-order valence-corrected chi connectivity index (χ4v) is 2.53. The Labute approximate surface area is 139 Å². The molecule has 3 aromatic rings. The van der Waals surface area contributed by atoms with E-state index in [4.69, 9.17) is 0 Å². The van der Waals surface area contributed by atoms with Gasteiger partial charge in [-0.2, -0.15) is 9.78 Å². The fourth-order valence-electron chi connectivity index (χ4n) is 2.53. The molecule has 0 spiro atoms. The Kier molecular flexibility index (Phi) is 4.37. The summed E-state index contributed by atoms with van der Waals surface area (Å²) >= 11 is 0. The Morgan fingerprint density at radius 1 is 1.25 bits per heavy atom. The molecular weight excluding hydrogens is 306 g/mol. The van der Waals surface area contributed by atoms with Gasteiger partial charge in [0.1, 0.15) is 5.69 Å². The summed E-state index contributed by atoms with van der Waals surface area (Å²) in [7, 11) is 0. The number of nitrogens with one attached hydrogen (secondary N) is 1. The third-order valence-corrected chi connectivity index (χ3v) is 3.67. The van der Waals surface area contributed by atoms with E-state index in [1.165, 1.54) is 0 Å². The lowest BCUT2D eigenvalue weighted by Crippen LogP contribution is -2.18. The molecule has 2 heterocycles. The molecule has 0 saturated carbocycles. The molecule has 1 amide bonds. The quantitative estimate of drug-likeness (QED) is 0.775. The molecule has 24 heavy (non-hydrogen) atoms. The molecule has 124 valence electrons. The van der Waals surface area contributed by atoms with Crippen LogP contribution in [0.3, 0.4) is 0 Å². The minimum atomic E-state index is -0.212. The van der Waals surface area contributed by atoms with Crippen molar-refractivity contribution in [3.63, 3.8) is 0 Å². The second-order valence-electron chi connectivity index (χ2n) is 5.32. The normalized spacial score (nSPS) is 10.8. The van der Waals surface area contributed by atoms with Crippen LogP contribution in [-0.2, 0) is 13.0 Å². The fraction of sp³-hybridized carbons (Fsp3) is 0.312. The van der Waals surface area contributed by atoms with Crippen LogP contribution in [0.15, 0.2) is 30.3 Å². The zero-order valence-corrected chi connectivity index (χ0v) is 13.9. The Balaban J connectivity index is 1.95. The molecule has 8 nitrogen and oxygen atoms in total. The number of rotatable bonds is 5. The largest absolute Gasteiger partial charge is 0.319 e. The highest BCUT2D eigenvalue weighted by molar-refractivity contribution is 6.04. The van der Waals surface area contributed by atoms with Gasteiger partial charge < -0.3 is 5.32 Å². The molecule has 1 N–H and O–H groups in total. The number of para-hydroxylation sites is 2. The van der Waals surface area contributed by atoms with Crippen molar-refractivity contribution < 1.29 is 4.79 Å². The van der Waals surface area contributed by atoms with Gasteiger partial charge in [0.15, 0.2) is 5.82 Å². The second kappa shape index (κ2) is 6.61. The van der Waals surface area contributed by atoms with Crippen molar-refractivity contribution in [1.29, 1.82) is 0 Å². The van der Waals surface area contributed by atoms with E-state index in [0.29, 0.717) is 24.3 Å². The summed E-state index contributed by atoms with van der Waals surface area (Å²) in [5.74, 6) is 0.516. The van der Waals surface area contributed by atoms with E-state index in [9.17, 15) is 4.79 Å². The highest BCUT2D eigenvalue weighted by atomic mass is 16.2. The van der Waals surface area contributed by atoms with Crippen molar-refractivity contribution in [3.05, 3.63) is 47.5 Å². The van der Waals surface area contributed by atoms with Crippen molar-refractivity contribution in [2.24, 2.45) is 0 Å². The number of nitrogens with zero attached hydrogens (tertiary/aromatic N) is 6. The van der Waals surface area contributed by atoms with Crippen LogP contribution in [-0.4, -0.2) is 35.9 Å². The van der Waals surface area contributed by atoms with E-state index >= 15 is 0 Å². The third kappa shape index (κ3) is 2.90. The topological polar surface area (TPSA) is 90.5 Å². The lowest BCUT2D eigenvalue weighted by molar-refractivity contribution is 0.101. The number of hydrogen-bond acceptors (Lipinski definition) is 5. The number of benzene rings is 1. The summed E-state index contributed by atoms with van der Waals surface area (Å²) < 4.78 is 3.32. The van der Waals surface area contributed by atoms with E-state index in [-0.39, 0.29) is 5.91 Å². The predicted molar refractivity (Wildman–Crippen MR) is 89.1 cm³/mol. The van der Waals surface area contributed by atoms with Crippen molar-refractivity contribution in [1.82, 2.24) is 30.0 Å². The number of anilines is 1. The molecule has 8 heteroatoms. The van der Waals surface area contributed by atoms with Crippen LogP contribution in [0.4, 0.5) is 5.69 Å². The first-order valence-electron chi connectivity index (χ1n) is 7.86. The first kappa shape index (κ1) is 15.9. The summed E-state index contributed by atoms with van der Waals surface area (Å²) in [6, 6.07) is 9.21. The van der Waals surface area contributed by atoms with Crippen LogP contribution in [0.1, 0.15) is 35.9 Å². The van der Waals surface area contributed by atoms with Gasteiger partial charge >= 0.3 is 0 Å². The summed E-state index contributed by atoms with van der Waals surface area (Å²) in [5, 5.41) is 19.0. The Hall–Kier alpha value is -3.03. The monoisotopic (exact) mass is 325 g/mol. The lowest BCUT2D eigenvalue weighted by Gasteiger charge is -2.12. The first-order valence-corrected chi connectivity index (χ1v) is 7.86. The van der Waals surface area contributed by atoms with Gasteiger partial charge in [0, 0.05) is 13.0 Å². The minimum Gasteiger partial charge on any atom is -0.319 e. The molecule has 0 radical (unpaired) electrons. The van der Waals surface area contributed by atoms with E-state index < -0.39 is 0 Å². The van der Waals surface area contributed by atoms with Crippen molar-refractivity contribution in [2.75, 3.05) is 5.32 Å². The molecule has 0 fully saturated rings. The molecule has 0 saturated heterocycles. The molecule has 0 bridgehead atoms. The first-order chi connectivity index (χ1) is 11.6. The zero-order valence-electron chi connectivity index (χ0n) is 13.9. The van der Waals surface area contributed by atoms with Gasteiger partial charge in [0.05, 0.1) is 17.1 Å². The van der Waals surface area contributed by atoms with Crippen molar-refractivity contribution >= 4 is 11.6 Å².